The van der Waals surface area contributed by atoms with Crippen LogP contribution in [0.3, 0.4) is 0 Å². The number of likely N-dealkylation sites (N-methyl/N-ethyl adjacent to an activating group) is 1. The van der Waals surface area contributed by atoms with Gasteiger partial charge >= 0.3 is 0 Å². The van der Waals surface area contributed by atoms with Crippen molar-refractivity contribution in [1.29, 1.82) is 0 Å². The van der Waals surface area contributed by atoms with Crippen molar-refractivity contribution in [3.8, 4) is 0 Å². The Morgan fingerprint density at radius 2 is 1.56 bits per heavy atom. The summed E-state index contributed by atoms with van der Waals surface area (Å²) in [5.74, 6) is -0.317. The zero-order valence-electron chi connectivity index (χ0n) is 15.9. The Morgan fingerprint density at radius 1 is 0.963 bits per heavy atom. The lowest BCUT2D eigenvalue weighted by atomic mass is 10.1. The number of sulfonamides is 1. The van der Waals surface area contributed by atoms with Gasteiger partial charge in [0.15, 0.2) is 0 Å². The molecule has 1 saturated heterocycles. The molecule has 1 amide bonds. The molecule has 3 rings (SSSR count). The molecule has 0 atom stereocenters. The number of anilines is 1. The maximum atomic E-state index is 12.9. The molecule has 0 saturated carbocycles. The molecule has 1 aliphatic rings. The second kappa shape index (κ2) is 7.80. The minimum atomic E-state index is -3.60. The minimum Gasteiger partial charge on any atom is -0.322 e. The molecule has 0 bridgehead atoms. The van der Waals surface area contributed by atoms with Crippen molar-refractivity contribution in [2.75, 3.05) is 38.5 Å². The average Bonchev–Trinajstić information content (AvgIpc) is 2.65. The molecule has 1 N–H and O–H groups in total. The fraction of sp³-hybridized carbons (Fsp3) is 0.350. The number of hydrogen-bond donors (Lipinski definition) is 1. The molecular formula is C20H25N3O3S. The summed E-state index contributed by atoms with van der Waals surface area (Å²) in [5, 5.41) is 2.90. The van der Waals surface area contributed by atoms with Crippen LogP contribution < -0.4 is 5.32 Å². The first-order chi connectivity index (χ1) is 12.8. The van der Waals surface area contributed by atoms with E-state index in [4.69, 9.17) is 0 Å². The normalized spacial score (nSPS) is 16.3. The van der Waals surface area contributed by atoms with Crippen LogP contribution in [0.2, 0.25) is 0 Å². The van der Waals surface area contributed by atoms with Crippen molar-refractivity contribution in [2.24, 2.45) is 0 Å². The summed E-state index contributed by atoms with van der Waals surface area (Å²) < 4.78 is 27.3. The topological polar surface area (TPSA) is 69.7 Å². The van der Waals surface area contributed by atoms with E-state index >= 15 is 0 Å². The van der Waals surface area contributed by atoms with Gasteiger partial charge in [0, 0.05) is 37.4 Å². The monoisotopic (exact) mass is 387 g/mol. The quantitative estimate of drug-likeness (QED) is 0.875. The van der Waals surface area contributed by atoms with Crippen LogP contribution in [-0.4, -0.2) is 56.8 Å². The number of aryl methyl sites for hydroxylation is 2. The van der Waals surface area contributed by atoms with E-state index in [1.807, 2.05) is 39.1 Å². The number of carbonyl (C=O) groups is 1. The van der Waals surface area contributed by atoms with Gasteiger partial charge in [0.25, 0.3) is 5.91 Å². The van der Waals surface area contributed by atoms with Gasteiger partial charge in [0.05, 0.1) is 4.90 Å². The van der Waals surface area contributed by atoms with E-state index in [1.54, 1.807) is 18.2 Å². The van der Waals surface area contributed by atoms with Crippen LogP contribution >= 0.6 is 0 Å². The molecule has 0 aromatic heterocycles. The Labute approximate surface area is 160 Å². The number of hydrogen-bond acceptors (Lipinski definition) is 4. The van der Waals surface area contributed by atoms with Crippen LogP contribution in [0.5, 0.6) is 0 Å². The Morgan fingerprint density at radius 3 is 2.19 bits per heavy atom. The number of carbonyl (C=O) groups excluding carboxylic acids is 1. The number of amides is 1. The number of nitrogens with one attached hydrogen (secondary N) is 1. The summed E-state index contributed by atoms with van der Waals surface area (Å²) in [7, 11) is -1.63. The second-order valence-corrected chi connectivity index (χ2v) is 8.89. The summed E-state index contributed by atoms with van der Waals surface area (Å²) in [6, 6.07) is 12.0. The molecule has 27 heavy (non-hydrogen) atoms. The first-order valence-electron chi connectivity index (χ1n) is 8.95. The maximum absolute atomic E-state index is 12.9. The molecule has 6 nitrogen and oxygen atoms in total. The summed E-state index contributed by atoms with van der Waals surface area (Å²) in [5.41, 5.74) is 3.01. The Balaban J connectivity index is 1.84. The van der Waals surface area contributed by atoms with E-state index in [-0.39, 0.29) is 10.8 Å². The third kappa shape index (κ3) is 4.21. The fourth-order valence-electron chi connectivity index (χ4n) is 3.17. The van der Waals surface area contributed by atoms with Gasteiger partial charge < -0.3 is 10.2 Å². The van der Waals surface area contributed by atoms with E-state index in [0.717, 1.165) is 16.8 Å². The summed E-state index contributed by atoms with van der Waals surface area (Å²) >= 11 is 0. The minimum absolute atomic E-state index is 0.154. The molecule has 0 unspecified atom stereocenters. The predicted molar refractivity (Wildman–Crippen MR) is 107 cm³/mol. The predicted octanol–water partition coefficient (Wildman–Crippen LogP) is 2.49. The highest BCUT2D eigenvalue weighted by Gasteiger charge is 2.28. The largest absolute Gasteiger partial charge is 0.322 e. The van der Waals surface area contributed by atoms with Gasteiger partial charge in [-0.15, -0.1) is 0 Å². The van der Waals surface area contributed by atoms with E-state index in [0.29, 0.717) is 31.7 Å². The van der Waals surface area contributed by atoms with Crippen LogP contribution in [0.4, 0.5) is 5.69 Å². The molecule has 2 aromatic rings. The first-order valence-corrected chi connectivity index (χ1v) is 10.4. The van der Waals surface area contributed by atoms with Gasteiger partial charge in [-0.05, 0) is 50.2 Å². The van der Waals surface area contributed by atoms with Gasteiger partial charge in [-0.25, -0.2) is 8.42 Å². The van der Waals surface area contributed by atoms with Gasteiger partial charge in [-0.2, -0.15) is 4.31 Å². The van der Waals surface area contributed by atoms with Crippen molar-refractivity contribution in [3.63, 3.8) is 0 Å². The SMILES string of the molecule is Cc1cccc(C)c1NC(=O)c1cccc(S(=O)(=O)N2CCN(C)CC2)c1. The molecule has 1 heterocycles. The van der Waals surface area contributed by atoms with Gasteiger partial charge in [-0.3, -0.25) is 4.79 Å². The van der Waals surface area contributed by atoms with Crippen LogP contribution in [0.1, 0.15) is 21.5 Å². The molecular weight excluding hydrogens is 362 g/mol. The lowest BCUT2D eigenvalue weighted by Gasteiger charge is -2.31. The van der Waals surface area contributed by atoms with E-state index in [9.17, 15) is 13.2 Å². The highest BCUT2D eigenvalue weighted by molar-refractivity contribution is 7.89. The molecule has 0 aliphatic carbocycles. The molecule has 2 aromatic carbocycles. The number of nitrogens with zero attached hydrogens (tertiary/aromatic N) is 2. The number of piperazine rings is 1. The Kier molecular flexibility index (Phi) is 5.64. The second-order valence-electron chi connectivity index (χ2n) is 6.96. The molecule has 0 spiro atoms. The lowest BCUT2D eigenvalue weighted by molar-refractivity contribution is 0.102. The van der Waals surface area contributed by atoms with Gasteiger partial charge in [-0.1, -0.05) is 24.3 Å². The third-order valence-electron chi connectivity index (χ3n) is 4.92. The van der Waals surface area contributed by atoms with E-state index < -0.39 is 10.0 Å². The van der Waals surface area contributed by atoms with Crippen LogP contribution in [-0.2, 0) is 10.0 Å². The van der Waals surface area contributed by atoms with E-state index in [1.165, 1.54) is 10.4 Å². The molecule has 1 fully saturated rings. The van der Waals surface area contributed by atoms with Crippen molar-refractivity contribution in [2.45, 2.75) is 18.7 Å². The van der Waals surface area contributed by atoms with Crippen LogP contribution in [0, 0.1) is 13.8 Å². The van der Waals surface area contributed by atoms with Crippen molar-refractivity contribution in [3.05, 3.63) is 59.2 Å². The molecule has 144 valence electrons. The van der Waals surface area contributed by atoms with Crippen molar-refractivity contribution >= 4 is 21.6 Å². The highest BCUT2D eigenvalue weighted by Crippen LogP contribution is 2.22. The first kappa shape index (κ1) is 19.5. The molecule has 1 aliphatic heterocycles. The Bertz CT molecular complexity index is 928. The third-order valence-corrected chi connectivity index (χ3v) is 6.81. The Hall–Kier alpha value is -2.22. The molecule has 0 radical (unpaired) electrons. The number of benzene rings is 2. The van der Waals surface area contributed by atoms with E-state index in [2.05, 4.69) is 10.2 Å². The fourth-order valence-corrected chi connectivity index (χ4v) is 4.64. The van der Waals surface area contributed by atoms with Crippen LogP contribution in [0.15, 0.2) is 47.4 Å². The van der Waals surface area contributed by atoms with Crippen molar-refractivity contribution < 1.29 is 13.2 Å². The summed E-state index contributed by atoms with van der Waals surface area (Å²) in [4.78, 5) is 14.9. The highest BCUT2D eigenvalue weighted by atomic mass is 32.2. The standard InChI is InChI=1S/C20H25N3O3S/c1-15-6-4-7-16(2)19(15)21-20(24)17-8-5-9-18(14-17)27(25,26)23-12-10-22(3)11-13-23/h4-9,14H,10-13H2,1-3H3,(H,21,24). The average molecular weight is 388 g/mol. The number of para-hydroxylation sites is 1. The zero-order valence-corrected chi connectivity index (χ0v) is 16.7. The maximum Gasteiger partial charge on any atom is 0.255 e. The summed E-state index contributed by atoms with van der Waals surface area (Å²) in [6.07, 6.45) is 0. The number of rotatable bonds is 4. The summed E-state index contributed by atoms with van der Waals surface area (Å²) in [6.45, 7) is 6.17. The van der Waals surface area contributed by atoms with Gasteiger partial charge in [0.1, 0.15) is 0 Å². The van der Waals surface area contributed by atoms with Gasteiger partial charge in [0.2, 0.25) is 10.0 Å². The lowest BCUT2D eigenvalue weighted by Crippen LogP contribution is -2.47. The van der Waals surface area contributed by atoms with Crippen molar-refractivity contribution in [1.82, 2.24) is 9.21 Å². The smallest absolute Gasteiger partial charge is 0.255 e. The zero-order chi connectivity index (χ0) is 19.6. The van der Waals surface area contributed by atoms with Crippen LogP contribution in [0.25, 0.3) is 0 Å². The molecule has 7 heteroatoms.